The highest BCUT2D eigenvalue weighted by atomic mass is 19.1. The molecule has 4 aromatic heterocycles. The van der Waals surface area contributed by atoms with Crippen molar-refractivity contribution in [3.8, 4) is 11.3 Å². The molecule has 12 heteroatoms. The molecule has 0 bridgehead atoms. The van der Waals surface area contributed by atoms with Gasteiger partial charge in [0, 0.05) is 63.3 Å². The number of piperazine rings is 1. The first-order chi connectivity index (χ1) is 21.8. The van der Waals surface area contributed by atoms with E-state index >= 15 is 4.39 Å². The molecule has 0 radical (unpaired) electrons. The van der Waals surface area contributed by atoms with E-state index in [9.17, 15) is 4.39 Å². The van der Waals surface area contributed by atoms with E-state index in [0.717, 1.165) is 56.8 Å². The van der Waals surface area contributed by atoms with Gasteiger partial charge < -0.3 is 20.1 Å². The molecular weight excluding hydrogens is 574 g/mol. The molecule has 0 saturated carbocycles. The molecule has 5 heterocycles. The number of likely N-dealkylation sites (N-methyl/N-ethyl adjacent to an activating group) is 1. The molecule has 5 aromatic rings. The van der Waals surface area contributed by atoms with Crippen LogP contribution in [0.1, 0.15) is 43.8 Å². The highest BCUT2D eigenvalue weighted by Gasteiger charge is 2.19. The van der Waals surface area contributed by atoms with E-state index in [-0.39, 0.29) is 23.2 Å². The number of aryl methyl sites for hydroxylation is 1. The van der Waals surface area contributed by atoms with Crippen molar-refractivity contribution in [2.45, 2.75) is 46.8 Å². The predicted octanol–water partition coefficient (Wildman–Crippen LogP) is 5.94. The number of aromatic nitrogens is 6. The van der Waals surface area contributed by atoms with Gasteiger partial charge in [-0.1, -0.05) is 19.1 Å². The molecule has 10 nitrogen and oxygen atoms in total. The molecule has 6 rings (SSSR count). The zero-order valence-electron chi connectivity index (χ0n) is 26.1. The van der Waals surface area contributed by atoms with E-state index in [4.69, 9.17) is 0 Å². The SMILES string of the molecule is CCN1CCN(Cc2ccc(NCc3ccc(Nc4ncc(F)c(-c5cc(F)c6nc(C)n(C(C)C)c6c5)n4)nc3)nc2)CC1. The number of rotatable bonds is 10. The van der Waals surface area contributed by atoms with Gasteiger partial charge in [0.15, 0.2) is 11.6 Å². The quantitative estimate of drug-likeness (QED) is 0.198. The number of hydrogen-bond donors (Lipinski definition) is 2. The third-order valence-electron chi connectivity index (χ3n) is 8.14. The van der Waals surface area contributed by atoms with Gasteiger partial charge in [-0.2, -0.15) is 0 Å². The zero-order valence-corrected chi connectivity index (χ0v) is 26.1. The number of anilines is 3. The first-order valence-electron chi connectivity index (χ1n) is 15.3. The molecule has 45 heavy (non-hydrogen) atoms. The van der Waals surface area contributed by atoms with Crippen LogP contribution < -0.4 is 10.6 Å². The molecule has 2 N–H and O–H groups in total. The fraction of sp³-hybridized carbons (Fsp3) is 0.364. The minimum Gasteiger partial charge on any atom is -0.366 e. The van der Waals surface area contributed by atoms with Gasteiger partial charge in [0.2, 0.25) is 5.95 Å². The number of imidazole rings is 1. The second kappa shape index (κ2) is 13.2. The van der Waals surface area contributed by atoms with Gasteiger partial charge >= 0.3 is 0 Å². The fourth-order valence-corrected chi connectivity index (χ4v) is 5.74. The van der Waals surface area contributed by atoms with Gasteiger partial charge in [0.25, 0.3) is 0 Å². The van der Waals surface area contributed by atoms with Gasteiger partial charge in [-0.3, -0.25) is 4.90 Å². The van der Waals surface area contributed by atoms with Crippen LogP contribution in [0, 0.1) is 18.6 Å². The summed E-state index contributed by atoms with van der Waals surface area (Å²) in [5, 5.41) is 6.36. The third-order valence-corrected chi connectivity index (χ3v) is 8.14. The summed E-state index contributed by atoms with van der Waals surface area (Å²) in [5.74, 6) is 0.940. The van der Waals surface area contributed by atoms with E-state index in [1.807, 2.05) is 43.7 Å². The zero-order chi connectivity index (χ0) is 31.5. The number of fused-ring (bicyclic) bond motifs is 1. The summed E-state index contributed by atoms with van der Waals surface area (Å²) in [5.41, 5.74) is 3.29. The van der Waals surface area contributed by atoms with Crippen molar-refractivity contribution in [1.29, 1.82) is 0 Å². The molecule has 0 amide bonds. The van der Waals surface area contributed by atoms with E-state index in [1.54, 1.807) is 18.3 Å². The molecule has 1 aliphatic rings. The molecule has 1 fully saturated rings. The van der Waals surface area contributed by atoms with Gasteiger partial charge in [-0.05, 0) is 62.7 Å². The molecule has 0 atom stereocenters. The van der Waals surface area contributed by atoms with E-state index in [0.29, 0.717) is 29.3 Å². The number of nitrogens with one attached hydrogen (secondary N) is 2. The van der Waals surface area contributed by atoms with Crippen molar-refractivity contribution < 1.29 is 8.78 Å². The van der Waals surface area contributed by atoms with Gasteiger partial charge in [0.1, 0.15) is 28.7 Å². The van der Waals surface area contributed by atoms with Crippen molar-refractivity contribution in [3.63, 3.8) is 0 Å². The average Bonchev–Trinajstić information content (AvgIpc) is 3.39. The van der Waals surface area contributed by atoms with Crippen molar-refractivity contribution in [2.75, 3.05) is 43.4 Å². The maximum Gasteiger partial charge on any atom is 0.229 e. The molecule has 0 unspecified atom stereocenters. The second-order valence-corrected chi connectivity index (χ2v) is 11.6. The minimum atomic E-state index is -0.655. The van der Waals surface area contributed by atoms with Gasteiger partial charge in [0.05, 0.1) is 11.7 Å². The Labute approximate surface area is 261 Å². The van der Waals surface area contributed by atoms with Crippen LogP contribution in [0.3, 0.4) is 0 Å². The Kier molecular flexibility index (Phi) is 8.95. The van der Waals surface area contributed by atoms with Crippen LogP contribution in [-0.2, 0) is 13.1 Å². The van der Waals surface area contributed by atoms with Crippen molar-refractivity contribution in [1.82, 2.24) is 39.3 Å². The summed E-state index contributed by atoms with van der Waals surface area (Å²) < 4.78 is 31.8. The lowest BCUT2D eigenvalue weighted by Gasteiger charge is -2.33. The maximum atomic E-state index is 15.0. The normalized spacial score (nSPS) is 14.4. The maximum absolute atomic E-state index is 15.0. The first-order valence-corrected chi connectivity index (χ1v) is 15.3. The summed E-state index contributed by atoms with van der Waals surface area (Å²) >= 11 is 0. The van der Waals surface area contributed by atoms with Gasteiger partial charge in [-0.15, -0.1) is 0 Å². The average molecular weight is 613 g/mol. The van der Waals surface area contributed by atoms with Crippen LogP contribution in [-0.4, -0.2) is 72.0 Å². The Balaban J connectivity index is 1.08. The Morgan fingerprint density at radius 3 is 2.22 bits per heavy atom. The lowest BCUT2D eigenvalue weighted by atomic mass is 10.1. The van der Waals surface area contributed by atoms with E-state index in [2.05, 4.69) is 58.3 Å². The molecule has 1 saturated heterocycles. The summed E-state index contributed by atoms with van der Waals surface area (Å²) in [7, 11) is 0. The van der Waals surface area contributed by atoms with Crippen LogP contribution in [0.25, 0.3) is 22.3 Å². The summed E-state index contributed by atoms with van der Waals surface area (Å²) in [4.78, 5) is 26.8. The molecule has 234 valence electrons. The third kappa shape index (κ3) is 6.91. The monoisotopic (exact) mass is 612 g/mol. The van der Waals surface area contributed by atoms with Crippen molar-refractivity contribution in [2.24, 2.45) is 0 Å². The molecule has 1 aromatic carbocycles. The smallest absolute Gasteiger partial charge is 0.229 e. The standard InChI is InChI=1S/C33H38F2N10/c1-5-43-10-12-44(13-11-43)20-24-7-8-29(37-18-24)36-16-23-6-9-30(38-17-23)41-33-39-19-27(35)31(42-33)25-14-26(34)32-28(15-25)45(21(2)3)22(4)40-32/h6-9,14-15,17-19,21H,5,10-13,16,20H2,1-4H3,(H,36,37)(H,38,39,41,42). The topological polar surface area (TPSA) is 99.9 Å². The van der Waals surface area contributed by atoms with E-state index < -0.39 is 11.6 Å². The predicted molar refractivity (Wildman–Crippen MR) is 172 cm³/mol. The second-order valence-electron chi connectivity index (χ2n) is 11.6. The van der Waals surface area contributed by atoms with Crippen LogP contribution in [0.4, 0.5) is 26.4 Å². The molecule has 1 aliphatic heterocycles. The molecule has 0 aliphatic carbocycles. The Morgan fingerprint density at radius 2 is 1.53 bits per heavy atom. The van der Waals surface area contributed by atoms with Crippen LogP contribution >= 0.6 is 0 Å². The summed E-state index contributed by atoms with van der Waals surface area (Å²) in [6.07, 6.45) is 4.74. The first kappa shape index (κ1) is 30.5. The van der Waals surface area contributed by atoms with Crippen molar-refractivity contribution >= 4 is 28.6 Å². The number of halogens is 2. The van der Waals surface area contributed by atoms with Crippen LogP contribution in [0.2, 0.25) is 0 Å². The molecular formula is C33H38F2N10. The Hall–Kier alpha value is -4.55. The number of pyridine rings is 2. The lowest BCUT2D eigenvalue weighted by molar-refractivity contribution is 0.132. The molecule has 0 spiro atoms. The van der Waals surface area contributed by atoms with Gasteiger partial charge in [-0.25, -0.2) is 33.7 Å². The van der Waals surface area contributed by atoms with Crippen LogP contribution in [0.15, 0.2) is 55.0 Å². The number of hydrogen-bond acceptors (Lipinski definition) is 9. The largest absolute Gasteiger partial charge is 0.366 e. The highest BCUT2D eigenvalue weighted by Crippen LogP contribution is 2.30. The number of benzene rings is 1. The summed E-state index contributed by atoms with van der Waals surface area (Å²) in [6.45, 7) is 15.0. The fourth-order valence-electron chi connectivity index (χ4n) is 5.74. The van der Waals surface area contributed by atoms with E-state index in [1.165, 1.54) is 11.6 Å². The Morgan fingerprint density at radius 1 is 0.822 bits per heavy atom. The minimum absolute atomic E-state index is 0.0131. The highest BCUT2D eigenvalue weighted by molar-refractivity contribution is 5.83. The van der Waals surface area contributed by atoms with Crippen molar-refractivity contribution in [3.05, 3.63) is 83.6 Å². The van der Waals surface area contributed by atoms with Crippen LogP contribution in [0.5, 0.6) is 0 Å². The lowest BCUT2D eigenvalue weighted by Crippen LogP contribution is -2.45. The Bertz CT molecular complexity index is 1760. The summed E-state index contributed by atoms with van der Waals surface area (Å²) in [6, 6.07) is 10.9. The number of nitrogens with zero attached hydrogens (tertiary/aromatic N) is 8.